The first-order valence-corrected chi connectivity index (χ1v) is 11.2. The number of halogens is 3. The number of carbonyl (C=O) groups is 1. The largest absolute Gasteiger partial charge is 0.451 e. The molecule has 4 nitrogen and oxygen atoms in total. The van der Waals surface area contributed by atoms with Crippen molar-refractivity contribution < 1.29 is 23.3 Å². The van der Waals surface area contributed by atoms with E-state index in [9.17, 15) is 18.6 Å². The van der Waals surface area contributed by atoms with Gasteiger partial charge in [-0.3, -0.25) is 4.79 Å². The van der Waals surface area contributed by atoms with Crippen LogP contribution in [0.1, 0.15) is 12.0 Å². The fraction of sp³-hybridized carbons (Fsp3) is 0.458. The molecule has 174 valence electrons. The Kier molecular flexibility index (Phi) is 11.3. The Hall–Kier alpha value is -1.80. The third-order valence-corrected chi connectivity index (χ3v) is 5.65. The molecule has 0 radical (unpaired) electrons. The van der Waals surface area contributed by atoms with Crippen LogP contribution < -0.4 is 5.32 Å². The highest BCUT2D eigenvalue weighted by molar-refractivity contribution is 6.48. The van der Waals surface area contributed by atoms with E-state index in [1.807, 2.05) is 24.3 Å². The minimum atomic E-state index is -0.517. The number of alkyl halides is 1. The van der Waals surface area contributed by atoms with Crippen molar-refractivity contribution in [3.8, 4) is 11.1 Å². The van der Waals surface area contributed by atoms with Crippen LogP contribution in [0, 0.1) is 17.7 Å². The zero-order chi connectivity index (χ0) is 23.5. The van der Waals surface area contributed by atoms with Crippen molar-refractivity contribution in [1.29, 1.82) is 0 Å². The quantitative estimate of drug-likeness (QED) is 0.314. The van der Waals surface area contributed by atoms with Gasteiger partial charge >= 0.3 is 0 Å². The number of nitrogens with one attached hydrogen (secondary N) is 1. The zero-order valence-corrected chi connectivity index (χ0v) is 19.4. The molecule has 2 N–H and O–H groups in total. The fourth-order valence-corrected chi connectivity index (χ4v) is 4.12. The van der Waals surface area contributed by atoms with Gasteiger partial charge in [-0.25, -0.2) is 8.78 Å². The highest BCUT2D eigenvalue weighted by Gasteiger charge is 2.25. The van der Waals surface area contributed by atoms with Gasteiger partial charge in [0.25, 0.3) is 6.92 Å². The predicted molar refractivity (Wildman–Crippen MR) is 127 cm³/mol. The van der Waals surface area contributed by atoms with Crippen molar-refractivity contribution in [2.75, 3.05) is 33.5 Å². The lowest BCUT2D eigenvalue weighted by Gasteiger charge is -2.24. The molecule has 0 amide bonds. The summed E-state index contributed by atoms with van der Waals surface area (Å²) in [4.78, 5) is 12.5. The van der Waals surface area contributed by atoms with Crippen LogP contribution in [0.15, 0.2) is 42.5 Å². The van der Waals surface area contributed by atoms with Crippen LogP contribution in [0.3, 0.4) is 0 Å². The van der Waals surface area contributed by atoms with Crippen LogP contribution in [-0.2, 0) is 16.0 Å². The normalized spacial score (nSPS) is 13.1. The molecule has 2 atom stereocenters. The summed E-state index contributed by atoms with van der Waals surface area (Å²) in [5, 5.41) is 13.4. The lowest BCUT2D eigenvalue weighted by molar-refractivity contribution is -0.127. The second-order valence-corrected chi connectivity index (χ2v) is 8.64. The molecular weight excluding hydrogens is 435 g/mol. The van der Waals surface area contributed by atoms with Crippen LogP contribution in [0.5, 0.6) is 0 Å². The molecular formula is C24H31BClF2NO3. The van der Waals surface area contributed by atoms with Gasteiger partial charge in [0, 0.05) is 36.7 Å². The molecule has 0 aromatic heterocycles. The van der Waals surface area contributed by atoms with Crippen molar-refractivity contribution >= 4 is 24.3 Å². The molecule has 32 heavy (non-hydrogen) atoms. The van der Waals surface area contributed by atoms with Gasteiger partial charge in [-0.2, -0.15) is 0 Å². The third-order valence-electron chi connectivity index (χ3n) is 5.41. The Labute approximate surface area is 194 Å². The Morgan fingerprint density at radius 3 is 2.59 bits per heavy atom. The highest BCUT2D eigenvalue weighted by Crippen LogP contribution is 2.28. The Bertz CT molecular complexity index is 852. The maximum atomic E-state index is 14.2. The minimum absolute atomic E-state index is 0.00324. The molecule has 0 aliphatic carbocycles. The van der Waals surface area contributed by atoms with E-state index in [2.05, 4.69) is 5.32 Å². The lowest BCUT2D eigenvalue weighted by atomic mass is 9.61. The topological polar surface area (TPSA) is 58.6 Å². The number of rotatable bonds is 14. The molecule has 0 unspecified atom stereocenters. The lowest BCUT2D eigenvalue weighted by Crippen LogP contribution is -2.34. The fourth-order valence-electron chi connectivity index (χ4n) is 3.95. The van der Waals surface area contributed by atoms with Crippen molar-refractivity contribution in [3.63, 3.8) is 0 Å². The summed E-state index contributed by atoms with van der Waals surface area (Å²) in [7, 11) is 1.47. The summed E-state index contributed by atoms with van der Waals surface area (Å²) in [5.74, 6) is -0.664. The van der Waals surface area contributed by atoms with Crippen LogP contribution in [0.4, 0.5) is 8.78 Å². The van der Waals surface area contributed by atoms with Gasteiger partial charge in [0.2, 0.25) is 0 Å². The van der Waals surface area contributed by atoms with Gasteiger partial charge in [-0.05, 0) is 54.4 Å². The van der Waals surface area contributed by atoms with Crippen molar-refractivity contribution in [3.05, 3.63) is 58.9 Å². The smallest absolute Gasteiger partial charge is 0.286 e. The maximum absolute atomic E-state index is 14.2. The van der Waals surface area contributed by atoms with Gasteiger partial charge in [0.05, 0.1) is 0 Å². The molecule has 0 bridgehead atoms. The van der Waals surface area contributed by atoms with Crippen LogP contribution in [-0.4, -0.2) is 51.2 Å². The van der Waals surface area contributed by atoms with E-state index < -0.39 is 13.6 Å². The first kappa shape index (κ1) is 26.5. The number of methoxy groups -OCH3 is 1. The average Bonchev–Trinajstić information content (AvgIpc) is 2.75. The highest BCUT2D eigenvalue weighted by atomic mass is 35.5. The van der Waals surface area contributed by atoms with E-state index in [4.69, 9.17) is 16.3 Å². The summed E-state index contributed by atoms with van der Waals surface area (Å²) in [6.07, 6.45) is 1.74. The van der Waals surface area contributed by atoms with Gasteiger partial charge in [0.15, 0.2) is 5.78 Å². The summed E-state index contributed by atoms with van der Waals surface area (Å²) in [5.41, 5.74) is 2.19. The average molecular weight is 466 g/mol. The van der Waals surface area contributed by atoms with Gasteiger partial charge < -0.3 is 15.1 Å². The second kappa shape index (κ2) is 13.7. The Balaban J connectivity index is 2.14. The molecule has 2 aromatic rings. The first-order chi connectivity index (χ1) is 15.3. The Morgan fingerprint density at radius 1 is 1.25 bits per heavy atom. The molecule has 0 saturated carbocycles. The maximum Gasteiger partial charge on any atom is 0.286 e. The SMILES string of the molecule is COCC(=O)[C@H](CNCCF)C[C@H](CB(C)O)Cc1ccc(-c2cc(Cl)ccc2F)cc1. The second-order valence-electron chi connectivity index (χ2n) is 8.20. The molecule has 0 saturated heterocycles. The van der Waals surface area contributed by atoms with Gasteiger partial charge in [0.1, 0.15) is 19.1 Å². The first-order valence-electron chi connectivity index (χ1n) is 10.8. The molecule has 0 fully saturated rings. The third kappa shape index (κ3) is 8.62. The van der Waals surface area contributed by atoms with Crippen molar-refractivity contribution in [2.24, 2.45) is 11.8 Å². The summed E-state index contributed by atoms with van der Waals surface area (Å²) < 4.78 is 31.6. The molecule has 8 heteroatoms. The van der Waals surface area contributed by atoms with E-state index in [0.717, 1.165) is 11.1 Å². The predicted octanol–water partition coefficient (Wildman–Crippen LogP) is 4.70. The van der Waals surface area contributed by atoms with Crippen LogP contribution >= 0.6 is 11.6 Å². The molecule has 2 rings (SSSR count). The Morgan fingerprint density at radius 2 is 1.97 bits per heavy atom. The number of hydrogen-bond acceptors (Lipinski definition) is 4. The summed E-state index contributed by atoms with van der Waals surface area (Å²) in [6.45, 7) is 1.28. The number of benzene rings is 2. The van der Waals surface area contributed by atoms with Crippen molar-refractivity contribution in [2.45, 2.75) is 26.0 Å². The molecule has 0 aliphatic rings. The zero-order valence-electron chi connectivity index (χ0n) is 18.6. The van der Waals surface area contributed by atoms with Gasteiger partial charge in [-0.15, -0.1) is 0 Å². The number of Topliss-reactive ketones (excluding diaryl/α,β-unsaturated/α-hetero) is 1. The van der Waals surface area contributed by atoms with Gasteiger partial charge in [-0.1, -0.05) is 42.7 Å². The van der Waals surface area contributed by atoms with E-state index in [-0.39, 0.29) is 36.6 Å². The summed E-state index contributed by atoms with van der Waals surface area (Å²) in [6, 6.07) is 12.0. The monoisotopic (exact) mass is 465 g/mol. The number of ketones is 1. The summed E-state index contributed by atoms with van der Waals surface area (Å²) >= 11 is 6.00. The molecule has 0 aliphatic heterocycles. The molecule has 0 spiro atoms. The molecule has 0 heterocycles. The van der Waals surface area contributed by atoms with E-state index >= 15 is 0 Å². The number of carbonyl (C=O) groups excluding carboxylic acids is 1. The van der Waals surface area contributed by atoms with Crippen molar-refractivity contribution in [1.82, 2.24) is 5.32 Å². The number of ether oxygens (including phenoxy) is 1. The minimum Gasteiger partial charge on any atom is -0.451 e. The van der Waals surface area contributed by atoms with Crippen LogP contribution in [0.2, 0.25) is 18.2 Å². The van der Waals surface area contributed by atoms with E-state index in [0.29, 0.717) is 36.3 Å². The van der Waals surface area contributed by atoms with E-state index in [1.165, 1.54) is 19.2 Å². The number of hydrogen-bond donors (Lipinski definition) is 2. The molecule has 2 aromatic carbocycles. The van der Waals surface area contributed by atoms with Crippen LogP contribution in [0.25, 0.3) is 11.1 Å². The van der Waals surface area contributed by atoms with E-state index in [1.54, 1.807) is 12.9 Å². The standard InChI is InChI=1S/C24H31BClF2NO3/c1-25(31)14-18(12-20(15-29-10-9-27)24(30)16-32-2)11-17-3-5-19(6-4-17)22-13-21(26)7-8-23(22)28/h3-8,13,18,20,29,31H,9-12,14-16H2,1-2H3/t18-,20+/m1/s1.